The molecular formula is C16H12F2O. The van der Waals surface area contributed by atoms with Crippen molar-refractivity contribution in [3.8, 4) is 0 Å². The van der Waals surface area contributed by atoms with E-state index in [1.807, 2.05) is 0 Å². The molecule has 0 unspecified atom stereocenters. The van der Waals surface area contributed by atoms with E-state index in [0.717, 1.165) is 11.1 Å². The van der Waals surface area contributed by atoms with E-state index in [-0.39, 0.29) is 11.6 Å². The van der Waals surface area contributed by atoms with Crippen molar-refractivity contribution in [3.05, 3.63) is 83.8 Å². The van der Waals surface area contributed by atoms with Gasteiger partial charge in [0.2, 0.25) is 0 Å². The lowest BCUT2D eigenvalue weighted by Crippen LogP contribution is -1.76. The highest BCUT2D eigenvalue weighted by atomic mass is 19.1. The molecule has 0 heterocycles. The van der Waals surface area contributed by atoms with Gasteiger partial charge < -0.3 is 4.74 Å². The molecule has 0 bridgehead atoms. The van der Waals surface area contributed by atoms with Crippen LogP contribution in [0.5, 0.6) is 0 Å². The van der Waals surface area contributed by atoms with Gasteiger partial charge in [0, 0.05) is 0 Å². The lowest BCUT2D eigenvalue weighted by atomic mass is 10.2. The lowest BCUT2D eigenvalue weighted by Gasteiger charge is -1.94. The van der Waals surface area contributed by atoms with Crippen LogP contribution in [0.3, 0.4) is 0 Å². The molecule has 0 saturated carbocycles. The molecule has 0 fully saturated rings. The minimum atomic E-state index is -0.269. The lowest BCUT2D eigenvalue weighted by molar-refractivity contribution is 0.410. The number of halogens is 2. The molecule has 2 rings (SSSR count). The van der Waals surface area contributed by atoms with Crippen LogP contribution in [-0.2, 0) is 4.74 Å². The molecule has 96 valence electrons. The number of rotatable bonds is 4. The molecule has 19 heavy (non-hydrogen) atoms. The number of benzene rings is 2. The Morgan fingerprint density at radius 3 is 1.37 bits per heavy atom. The first-order valence-corrected chi connectivity index (χ1v) is 5.74. The van der Waals surface area contributed by atoms with Crippen molar-refractivity contribution in [1.82, 2.24) is 0 Å². The molecule has 2 aromatic carbocycles. The summed E-state index contributed by atoms with van der Waals surface area (Å²) in [4.78, 5) is 0. The molecule has 2 aromatic rings. The van der Waals surface area contributed by atoms with Gasteiger partial charge in [-0.1, -0.05) is 24.3 Å². The van der Waals surface area contributed by atoms with Crippen molar-refractivity contribution < 1.29 is 13.5 Å². The standard InChI is InChI=1S/C16H12F2O/c17-15-5-1-13(2-6-15)9-11-19-12-10-14-3-7-16(18)8-4-14/h1-12H. The fourth-order valence-electron chi connectivity index (χ4n) is 1.43. The van der Waals surface area contributed by atoms with Crippen LogP contribution in [0.4, 0.5) is 8.78 Å². The Kier molecular flexibility index (Phi) is 4.45. The monoisotopic (exact) mass is 258 g/mol. The normalized spacial score (nSPS) is 11.3. The summed E-state index contributed by atoms with van der Waals surface area (Å²) in [6.07, 6.45) is 6.42. The van der Waals surface area contributed by atoms with Gasteiger partial charge in [0.1, 0.15) is 11.6 Å². The molecule has 0 radical (unpaired) electrons. The summed E-state index contributed by atoms with van der Waals surface area (Å²) in [5.74, 6) is -0.538. The van der Waals surface area contributed by atoms with E-state index >= 15 is 0 Å². The van der Waals surface area contributed by atoms with E-state index in [2.05, 4.69) is 0 Å². The van der Waals surface area contributed by atoms with E-state index < -0.39 is 0 Å². The van der Waals surface area contributed by atoms with Crippen LogP contribution in [0.15, 0.2) is 61.1 Å². The third-order valence-electron chi connectivity index (χ3n) is 2.42. The van der Waals surface area contributed by atoms with Crippen molar-refractivity contribution in [2.45, 2.75) is 0 Å². The average Bonchev–Trinajstić information content (AvgIpc) is 2.43. The second-order valence-corrected chi connectivity index (χ2v) is 3.84. The fourth-order valence-corrected chi connectivity index (χ4v) is 1.43. The zero-order valence-corrected chi connectivity index (χ0v) is 10.1. The van der Waals surface area contributed by atoms with Crippen LogP contribution >= 0.6 is 0 Å². The number of hydrogen-bond donors (Lipinski definition) is 0. The maximum absolute atomic E-state index is 12.7. The minimum absolute atomic E-state index is 0.269. The van der Waals surface area contributed by atoms with Gasteiger partial charge in [-0.25, -0.2) is 8.78 Å². The second-order valence-electron chi connectivity index (χ2n) is 3.84. The molecule has 0 aromatic heterocycles. The summed E-state index contributed by atoms with van der Waals surface area (Å²) in [5.41, 5.74) is 1.69. The van der Waals surface area contributed by atoms with Crippen LogP contribution in [-0.4, -0.2) is 0 Å². The maximum atomic E-state index is 12.7. The SMILES string of the molecule is Fc1ccc(C=COC=Cc2ccc(F)cc2)cc1. The minimum Gasteiger partial charge on any atom is -0.473 e. The van der Waals surface area contributed by atoms with Gasteiger partial charge in [-0.05, 0) is 47.5 Å². The Hall–Kier alpha value is -2.42. The third-order valence-corrected chi connectivity index (χ3v) is 2.42. The van der Waals surface area contributed by atoms with Gasteiger partial charge in [0.15, 0.2) is 0 Å². The smallest absolute Gasteiger partial charge is 0.123 e. The molecule has 0 atom stereocenters. The van der Waals surface area contributed by atoms with Crippen molar-refractivity contribution >= 4 is 12.2 Å². The predicted molar refractivity (Wildman–Crippen MR) is 72.0 cm³/mol. The summed E-state index contributed by atoms with van der Waals surface area (Å²) in [6.45, 7) is 0. The van der Waals surface area contributed by atoms with Crippen LogP contribution < -0.4 is 0 Å². The van der Waals surface area contributed by atoms with Crippen LogP contribution in [0.25, 0.3) is 12.2 Å². The zero-order valence-electron chi connectivity index (χ0n) is 10.1. The van der Waals surface area contributed by atoms with Crippen LogP contribution in [0.2, 0.25) is 0 Å². The topological polar surface area (TPSA) is 9.23 Å². The predicted octanol–water partition coefficient (Wildman–Crippen LogP) is 4.62. The van der Waals surface area contributed by atoms with Crippen LogP contribution in [0.1, 0.15) is 11.1 Å². The molecule has 0 aliphatic rings. The fraction of sp³-hybridized carbons (Fsp3) is 0. The molecule has 0 amide bonds. The molecule has 0 aliphatic heterocycles. The Balaban J connectivity index is 1.86. The highest BCUT2D eigenvalue weighted by Gasteiger charge is 1.89. The summed E-state index contributed by atoms with van der Waals surface area (Å²) >= 11 is 0. The first kappa shape index (κ1) is 13.0. The highest BCUT2D eigenvalue weighted by molar-refractivity contribution is 5.49. The highest BCUT2D eigenvalue weighted by Crippen LogP contribution is 2.06. The first-order chi connectivity index (χ1) is 9.24. The third kappa shape index (κ3) is 4.39. The van der Waals surface area contributed by atoms with Gasteiger partial charge in [-0.15, -0.1) is 0 Å². The van der Waals surface area contributed by atoms with Gasteiger partial charge in [0.05, 0.1) is 12.5 Å². The van der Waals surface area contributed by atoms with Crippen LogP contribution in [0, 0.1) is 11.6 Å². The summed E-state index contributed by atoms with van der Waals surface area (Å²) in [7, 11) is 0. The Bertz CT molecular complexity index is 515. The van der Waals surface area contributed by atoms with Gasteiger partial charge >= 0.3 is 0 Å². The van der Waals surface area contributed by atoms with E-state index in [1.165, 1.54) is 36.8 Å². The quantitative estimate of drug-likeness (QED) is 0.727. The molecule has 0 aliphatic carbocycles. The number of ether oxygens (including phenoxy) is 1. The van der Waals surface area contributed by atoms with E-state index in [4.69, 9.17) is 4.74 Å². The van der Waals surface area contributed by atoms with Gasteiger partial charge in [-0.2, -0.15) is 0 Å². The summed E-state index contributed by atoms with van der Waals surface area (Å²) < 4.78 is 30.5. The maximum Gasteiger partial charge on any atom is 0.123 e. The molecular weight excluding hydrogens is 246 g/mol. The van der Waals surface area contributed by atoms with Crippen molar-refractivity contribution in [1.29, 1.82) is 0 Å². The summed E-state index contributed by atoms with van der Waals surface area (Å²) in [6, 6.07) is 12.1. The molecule has 1 nitrogen and oxygen atoms in total. The molecule has 0 N–H and O–H groups in total. The van der Waals surface area contributed by atoms with Crippen molar-refractivity contribution in [2.24, 2.45) is 0 Å². The average molecular weight is 258 g/mol. The van der Waals surface area contributed by atoms with E-state index in [9.17, 15) is 8.78 Å². The molecule has 0 spiro atoms. The Labute approximate surface area is 110 Å². The Morgan fingerprint density at radius 2 is 1.00 bits per heavy atom. The van der Waals surface area contributed by atoms with Crippen molar-refractivity contribution in [3.63, 3.8) is 0 Å². The molecule has 3 heteroatoms. The molecule has 0 saturated heterocycles. The van der Waals surface area contributed by atoms with Crippen molar-refractivity contribution in [2.75, 3.05) is 0 Å². The van der Waals surface area contributed by atoms with Gasteiger partial charge in [0.25, 0.3) is 0 Å². The Morgan fingerprint density at radius 1 is 0.632 bits per heavy atom. The first-order valence-electron chi connectivity index (χ1n) is 5.74. The van der Waals surface area contributed by atoms with Gasteiger partial charge in [-0.3, -0.25) is 0 Å². The summed E-state index contributed by atoms with van der Waals surface area (Å²) in [5, 5.41) is 0. The zero-order chi connectivity index (χ0) is 13.5. The number of hydrogen-bond acceptors (Lipinski definition) is 1. The van der Waals surface area contributed by atoms with E-state index in [1.54, 1.807) is 36.4 Å². The second kappa shape index (κ2) is 6.50. The van der Waals surface area contributed by atoms with E-state index in [0.29, 0.717) is 0 Å². The largest absolute Gasteiger partial charge is 0.473 e.